The van der Waals surface area contributed by atoms with Gasteiger partial charge in [0, 0.05) is 11.8 Å². The van der Waals surface area contributed by atoms with Crippen molar-refractivity contribution in [2.45, 2.75) is 6.42 Å². The lowest BCUT2D eigenvalue weighted by Crippen LogP contribution is -2.20. The van der Waals surface area contributed by atoms with Gasteiger partial charge >= 0.3 is 5.97 Å². The third kappa shape index (κ3) is 6.28. The molecular formula is C19H15FN2O3. The predicted octanol–water partition coefficient (Wildman–Crippen LogP) is 3.09. The number of nitrogens with one attached hydrogen (secondary N) is 1. The fraction of sp³-hybridized carbons (Fsp3) is 0.105. The summed E-state index contributed by atoms with van der Waals surface area (Å²) >= 11 is 0. The lowest BCUT2D eigenvalue weighted by molar-refractivity contribution is -0.142. The van der Waals surface area contributed by atoms with Gasteiger partial charge in [-0.2, -0.15) is 5.26 Å². The smallest absolute Gasteiger partial charge is 0.331 e. The molecule has 0 saturated carbocycles. The van der Waals surface area contributed by atoms with E-state index in [4.69, 9.17) is 10.00 Å². The maximum Gasteiger partial charge on any atom is 0.331 e. The molecule has 0 fully saturated rings. The number of hydrogen-bond acceptors (Lipinski definition) is 4. The molecule has 0 saturated heterocycles. The Labute approximate surface area is 144 Å². The van der Waals surface area contributed by atoms with Crippen molar-refractivity contribution in [2.24, 2.45) is 0 Å². The van der Waals surface area contributed by atoms with Crippen LogP contribution >= 0.6 is 0 Å². The van der Waals surface area contributed by atoms with Gasteiger partial charge in [0.25, 0.3) is 5.91 Å². The van der Waals surface area contributed by atoms with Crippen LogP contribution in [0.15, 0.2) is 54.6 Å². The number of carbonyl (C=O) groups excluding carboxylic acids is 2. The van der Waals surface area contributed by atoms with Gasteiger partial charge in [0.05, 0.1) is 12.5 Å². The standard InChI is InChI=1S/C19H15FN2O3/c20-16-3-1-2-15(12-16)6-9-19(24)25-13-18(23)22-17-7-4-14(5-8-17)10-11-21/h1-9,12H,10,13H2,(H,22,23)/b9-6+. The van der Waals surface area contributed by atoms with Gasteiger partial charge in [-0.05, 0) is 41.5 Å². The lowest BCUT2D eigenvalue weighted by Gasteiger charge is -2.06. The van der Waals surface area contributed by atoms with Crippen molar-refractivity contribution < 1.29 is 18.7 Å². The van der Waals surface area contributed by atoms with E-state index in [9.17, 15) is 14.0 Å². The first-order valence-corrected chi connectivity index (χ1v) is 7.43. The highest BCUT2D eigenvalue weighted by Crippen LogP contribution is 2.10. The van der Waals surface area contributed by atoms with Crippen LogP contribution in [0.1, 0.15) is 11.1 Å². The maximum absolute atomic E-state index is 13.0. The molecule has 1 amide bonds. The molecular weight excluding hydrogens is 323 g/mol. The fourth-order valence-corrected chi connectivity index (χ4v) is 1.95. The largest absolute Gasteiger partial charge is 0.452 e. The highest BCUT2D eigenvalue weighted by molar-refractivity contribution is 5.94. The molecule has 1 N–H and O–H groups in total. The van der Waals surface area contributed by atoms with E-state index in [0.29, 0.717) is 17.7 Å². The first-order valence-electron chi connectivity index (χ1n) is 7.43. The Morgan fingerprint density at radius 1 is 1.20 bits per heavy atom. The van der Waals surface area contributed by atoms with Crippen molar-refractivity contribution in [1.82, 2.24) is 0 Å². The normalized spacial score (nSPS) is 10.2. The molecule has 6 heteroatoms. The van der Waals surface area contributed by atoms with Crippen LogP contribution < -0.4 is 5.32 Å². The molecule has 2 aromatic carbocycles. The molecule has 126 valence electrons. The highest BCUT2D eigenvalue weighted by atomic mass is 19.1. The van der Waals surface area contributed by atoms with Crippen molar-refractivity contribution in [2.75, 3.05) is 11.9 Å². The van der Waals surface area contributed by atoms with Crippen LogP contribution in [-0.2, 0) is 20.7 Å². The summed E-state index contributed by atoms with van der Waals surface area (Å²) in [6.45, 7) is -0.438. The number of nitriles is 1. The number of amides is 1. The van der Waals surface area contributed by atoms with Gasteiger partial charge in [-0.15, -0.1) is 0 Å². The van der Waals surface area contributed by atoms with Crippen LogP contribution in [-0.4, -0.2) is 18.5 Å². The third-order valence-electron chi connectivity index (χ3n) is 3.13. The molecule has 25 heavy (non-hydrogen) atoms. The van der Waals surface area contributed by atoms with Crippen molar-refractivity contribution in [3.63, 3.8) is 0 Å². The number of esters is 1. The van der Waals surface area contributed by atoms with Crippen molar-refractivity contribution in [1.29, 1.82) is 5.26 Å². The molecule has 5 nitrogen and oxygen atoms in total. The summed E-state index contributed by atoms with van der Waals surface area (Å²) in [5, 5.41) is 11.2. The summed E-state index contributed by atoms with van der Waals surface area (Å²) in [4.78, 5) is 23.3. The molecule has 2 aromatic rings. The number of ether oxygens (including phenoxy) is 1. The van der Waals surface area contributed by atoms with Crippen LogP contribution in [0.5, 0.6) is 0 Å². The molecule has 0 heterocycles. The summed E-state index contributed by atoms with van der Waals surface area (Å²) < 4.78 is 17.8. The van der Waals surface area contributed by atoms with E-state index in [-0.39, 0.29) is 0 Å². The average molecular weight is 338 g/mol. The topological polar surface area (TPSA) is 79.2 Å². The van der Waals surface area contributed by atoms with Crippen LogP contribution in [0.25, 0.3) is 6.08 Å². The van der Waals surface area contributed by atoms with E-state index in [1.54, 1.807) is 30.3 Å². The molecule has 0 bridgehead atoms. The van der Waals surface area contributed by atoms with Crippen LogP contribution in [0.3, 0.4) is 0 Å². The summed E-state index contributed by atoms with van der Waals surface area (Å²) in [6.07, 6.45) is 2.82. The first-order chi connectivity index (χ1) is 12.1. The molecule has 0 radical (unpaired) electrons. The number of carbonyl (C=O) groups is 2. The van der Waals surface area contributed by atoms with Crippen molar-refractivity contribution in [3.05, 3.63) is 71.6 Å². The van der Waals surface area contributed by atoms with Gasteiger partial charge in [-0.25, -0.2) is 9.18 Å². The molecule has 0 unspecified atom stereocenters. The lowest BCUT2D eigenvalue weighted by atomic mass is 10.1. The molecule has 0 spiro atoms. The number of benzene rings is 2. The molecule has 2 rings (SSSR count). The Morgan fingerprint density at radius 3 is 2.64 bits per heavy atom. The van der Waals surface area contributed by atoms with E-state index < -0.39 is 24.3 Å². The minimum Gasteiger partial charge on any atom is -0.452 e. The third-order valence-corrected chi connectivity index (χ3v) is 3.13. The average Bonchev–Trinajstić information content (AvgIpc) is 2.60. The van der Waals surface area contributed by atoms with Gasteiger partial charge in [-0.1, -0.05) is 24.3 Å². The summed E-state index contributed by atoms with van der Waals surface area (Å²) in [6, 6.07) is 14.5. The number of hydrogen-bond donors (Lipinski definition) is 1. The molecule has 0 aromatic heterocycles. The number of halogens is 1. The number of nitrogens with zero attached hydrogens (tertiary/aromatic N) is 1. The van der Waals surface area contributed by atoms with E-state index in [0.717, 1.165) is 11.6 Å². The first kappa shape index (κ1) is 17.9. The Hall–Kier alpha value is -3.46. The minimum absolute atomic E-state index is 0.295. The van der Waals surface area contributed by atoms with Gasteiger partial charge < -0.3 is 10.1 Å². The van der Waals surface area contributed by atoms with Crippen molar-refractivity contribution >= 4 is 23.6 Å². The molecule has 0 aliphatic rings. The van der Waals surface area contributed by atoms with E-state index in [1.807, 2.05) is 6.07 Å². The Kier molecular flexibility index (Phi) is 6.43. The SMILES string of the molecule is N#CCc1ccc(NC(=O)COC(=O)/C=C/c2cccc(F)c2)cc1. The highest BCUT2D eigenvalue weighted by Gasteiger charge is 2.06. The molecule has 0 aliphatic heterocycles. The zero-order valence-corrected chi connectivity index (χ0v) is 13.2. The van der Waals surface area contributed by atoms with E-state index >= 15 is 0 Å². The predicted molar refractivity (Wildman–Crippen MR) is 90.8 cm³/mol. The van der Waals surface area contributed by atoms with E-state index in [2.05, 4.69) is 5.32 Å². The quantitative estimate of drug-likeness (QED) is 0.648. The van der Waals surface area contributed by atoms with E-state index in [1.165, 1.54) is 24.3 Å². The second-order valence-corrected chi connectivity index (χ2v) is 5.08. The number of rotatable bonds is 6. The van der Waals surface area contributed by atoms with Crippen LogP contribution in [0.4, 0.5) is 10.1 Å². The second-order valence-electron chi connectivity index (χ2n) is 5.08. The fourth-order valence-electron chi connectivity index (χ4n) is 1.95. The van der Waals surface area contributed by atoms with Crippen LogP contribution in [0, 0.1) is 17.1 Å². The zero-order valence-electron chi connectivity index (χ0n) is 13.2. The maximum atomic E-state index is 13.0. The zero-order chi connectivity index (χ0) is 18.1. The van der Waals surface area contributed by atoms with Gasteiger partial charge in [0.15, 0.2) is 6.61 Å². The number of anilines is 1. The summed E-state index contributed by atoms with van der Waals surface area (Å²) in [5.74, 6) is -1.60. The monoisotopic (exact) mass is 338 g/mol. The molecule has 0 aliphatic carbocycles. The van der Waals surface area contributed by atoms with Crippen molar-refractivity contribution in [3.8, 4) is 6.07 Å². The van der Waals surface area contributed by atoms with Crippen LogP contribution in [0.2, 0.25) is 0 Å². The summed E-state index contributed by atoms with van der Waals surface area (Å²) in [7, 11) is 0. The minimum atomic E-state index is -0.705. The molecule has 0 atom stereocenters. The van der Waals surface area contributed by atoms with Gasteiger partial charge in [0.2, 0.25) is 0 Å². The second kappa shape index (κ2) is 8.99. The van der Waals surface area contributed by atoms with Gasteiger partial charge in [-0.3, -0.25) is 4.79 Å². The Morgan fingerprint density at radius 2 is 1.96 bits per heavy atom. The van der Waals surface area contributed by atoms with Gasteiger partial charge in [0.1, 0.15) is 5.82 Å². The Balaban J connectivity index is 1.79. The Bertz CT molecular complexity index is 823. The summed E-state index contributed by atoms with van der Waals surface area (Å²) in [5.41, 5.74) is 1.89.